The Morgan fingerprint density at radius 1 is 1.09 bits per heavy atom. The second kappa shape index (κ2) is 10.6. The quantitative estimate of drug-likeness (QED) is 0.215. The first-order valence-corrected chi connectivity index (χ1v) is 12.4. The molecule has 2 amide bonds. The third-order valence-electron chi connectivity index (χ3n) is 7.52. The van der Waals surface area contributed by atoms with E-state index in [9.17, 15) is 14.0 Å². The van der Waals surface area contributed by atoms with Gasteiger partial charge in [-0.05, 0) is 75.1 Å². The van der Waals surface area contributed by atoms with Crippen LogP contribution < -0.4 is 27.5 Å². The maximum Gasteiger partial charge on any atom is 0.410 e. The number of amides is 2. The summed E-state index contributed by atoms with van der Waals surface area (Å²) in [6.45, 7) is 1.22. The lowest BCUT2D eigenvalue weighted by Gasteiger charge is -2.37. The fourth-order valence-corrected chi connectivity index (χ4v) is 5.28. The van der Waals surface area contributed by atoms with Gasteiger partial charge in [0.05, 0.1) is 5.54 Å². The molecule has 2 aliphatic carbocycles. The number of halogens is 1. The molecule has 1 heterocycles. The largest absolute Gasteiger partial charge is 0.446 e. The van der Waals surface area contributed by atoms with Crippen molar-refractivity contribution < 1.29 is 23.7 Å². The topological polar surface area (TPSA) is 151 Å². The molecular weight excluding hydrogens is 451 g/mol. The monoisotopic (exact) mass is 487 g/mol. The SMILES string of the molecule is NC(=O)/C(=C/N[C@@]1(C2CCN(C(=O)OC3CCCCC3)CC2)C[C@H]1N)C(N)=[NH+]c1ccc(F)cc1. The van der Waals surface area contributed by atoms with Gasteiger partial charge in [0.15, 0.2) is 0 Å². The number of nitrogens with two attached hydrogens (primary N) is 3. The number of benzene rings is 1. The Balaban J connectivity index is 1.37. The highest BCUT2D eigenvalue weighted by Crippen LogP contribution is 2.46. The van der Waals surface area contributed by atoms with Crippen LogP contribution in [-0.2, 0) is 9.53 Å². The van der Waals surface area contributed by atoms with Gasteiger partial charge < -0.3 is 26.4 Å². The van der Waals surface area contributed by atoms with Crippen LogP contribution in [0.5, 0.6) is 0 Å². The number of piperidine rings is 1. The number of rotatable bonds is 7. The molecule has 3 aliphatic rings. The normalized spacial score (nSPS) is 26.3. The lowest BCUT2D eigenvalue weighted by Crippen LogP contribution is -2.70. The minimum atomic E-state index is -0.700. The van der Waals surface area contributed by atoms with Gasteiger partial charge in [-0.25, -0.2) is 14.2 Å². The summed E-state index contributed by atoms with van der Waals surface area (Å²) < 4.78 is 18.9. The molecule has 9 nitrogen and oxygen atoms in total. The van der Waals surface area contributed by atoms with E-state index in [0.29, 0.717) is 18.8 Å². The third-order valence-corrected chi connectivity index (χ3v) is 7.52. The zero-order valence-corrected chi connectivity index (χ0v) is 20.0. The van der Waals surface area contributed by atoms with E-state index in [2.05, 4.69) is 10.3 Å². The number of nitrogens with zero attached hydrogens (tertiary/aromatic N) is 1. The van der Waals surface area contributed by atoms with E-state index in [-0.39, 0.29) is 46.9 Å². The van der Waals surface area contributed by atoms with Gasteiger partial charge in [0.1, 0.15) is 23.2 Å². The van der Waals surface area contributed by atoms with Crippen LogP contribution in [0.3, 0.4) is 0 Å². The molecule has 190 valence electrons. The van der Waals surface area contributed by atoms with Crippen LogP contribution in [0.25, 0.3) is 0 Å². The molecule has 2 atom stereocenters. The van der Waals surface area contributed by atoms with Crippen molar-refractivity contribution in [1.29, 1.82) is 0 Å². The number of ether oxygens (including phenoxy) is 1. The number of carbonyl (C=O) groups is 2. The van der Waals surface area contributed by atoms with Crippen LogP contribution in [0.1, 0.15) is 51.4 Å². The summed E-state index contributed by atoms with van der Waals surface area (Å²) in [7, 11) is 0. The third kappa shape index (κ3) is 5.93. The maximum atomic E-state index is 13.2. The lowest BCUT2D eigenvalue weighted by atomic mass is 9.86. The molecule has 4 rings (SSSR count). The average molecular weight is 488 g/mol. The van der Waals surface area contributed by atoms with Gasteiger partial charge in [0.25, 0.3) is 11.7 Å². The summed E-state index contributed by atoms with van der Waals surface area (Å²) in [6, 6.07) is 5.53. The molecule has 1 saturated heterocycles. The summed E-state index contributed by atoms with van der Waals surface area (Å²) in [5.74, 6) is -0.789. The minimum Gasteiger partial charge on any atom is -0.446 e. The minimum absolute atomic E-state index is 0.0430. The molecule has 0 radical (unpaired) electrons. The van der Waals surface area contributed by atoms with Crippen molar-refractivity contribution in [3.8, 4) is 0 Å². The van der Waals surface area contributed by atoms with Crippen LogP contribution in [0, 0.1) is 11.7 Å². The second-order valence-electron chi connectivity index (χ2n) is 9.87. The molecule has 10 heteroatoms. The Kier molecular flexibility index (Phi) is 7.59. The van der Waals surface area contributed by atoms with E-state index >= 15 is 0 Å². The number of likely N-dealkylation sites (tertiary alicyclic amines) is 1. The number of hydrogen-bond donors (Lipinski definition) is 5. The van der Waals surface area contributed by atoms with Gasteiger partial charge in [0.2, 0.25) is 0 Å². The predicted octanol–water partition coefficient (Wildman–Crippen LogP) is 0.505. The summed E-state index contributed by atoms with van der Waals surface area (Å²) >= 11 is 0. The molecule has 0 spiro atoms. The molecule has 1 aliphatic heterocycles. The van der Waals surface area contributed by atoms with Gasteiger partial charge in [-0.15, -0.1) is 0 Å². The van der Waals surface area contributed by atoms with Crippen molar-refractivity contribution in [2.75, 3.05) is 13.1 Å². The number of hydrogen-bond acceptors (Lipinski definition) is 5. The first-order chi connectivity index (χ1) is 16.8. The zero-order valence-electron chi connectivity index (χ0n) is 20.0. The number of nitrogens with one attached hydrogen (secondary N) is 2. The van der Waals surface area contributed by atoms with E-state index in [0.717, 1.165) is 44.9 Å². The Morgan fingerprint density at radius 3 is 2.29 bits per heavy atom. The van der Waals surface area contributed by atoms with E-state index in [1.807, 2.05) is 0 Å². The summed E-state index contributed by atoms with van der Waals surface area (Å²) in [4.78, 5) is 29.3. The van der Waals surface area contributed by atoms with Crippen molar-refractivity contribution in [2.24, 2.45) is 23.1 Å². The van der Waals surface area contributed by atoms with Crippen LogP contribution >= 0.6 is 0 Å². The molecule has 1 aromatic rings. The van der Waals surface area contributed by atoms with Gasteiger partial charge in [-0.1, -0.05) is 6.42 Å². The molecule has 0 bridgehead atoms. The molecule has 35 heavy (non-hydrogen) atoms. The Bertz CT molecular complexity index is 983. The molecule has 1 aromatic carbocycles. The van der Waals surface area contributed by atoms with E-state index in [4.69, 9.17) is 21.9 Å². The van der Waals surface area contributed by atoms with E-state index in [1.165, 1.54) is 36.9 Å². The number of carbonyl (C=O) groups excluding carboxylic acids is 2. The van der Waals surface area contributed by atoms with Crippen molar-refractivity contribution >= 4 is 23.5 Å². The Morgan fingerprint density at radius 2 is 1.71 bits per heavy atom. The standard InChI is InChI=1S/C25H35FN6O3/c26-17-6-8-18(9-7-17)31-22(28)20(23(29)33)15-30-25(14-21(25)27)16-10-12-32(13-11-16)24(34)35-19-4-2-1-3-5-19/h6-9,15-16,19,21,30H,1-5,10-14,27H2,(H2,28,31)(H2,29,33)/p+1/b20-15+/t21-,25-/m1/s1. The first kappa shape index (κ1) is 25.0. The maximum absolute atomic E-state index is 13.2. The Hall–Kier alpha value is -3.14. The average Bonchev–Trinajstić information content (AvgIpc) is 3.51. The van der Waals surface area contributed by atoms with E-state index < -0.39 is 5.91 Å². The number of primary amides is 1. The highest BCUT2D eigenvalue weighted by Gasteiger charge is 2.57. The lowest BCUT2D eigenvalue weighted by molar-refractivity contribution is -0.354. The molecule has 0 aromatic heterocycles. The van der Waals surface area contributed by atoms with Crippen LogP contribution in [-0.4, -0.2) is 53.5 Å². The highest BCUT2D eigenvalue weighted by atomic mass is 19.1. The molecule has 3 fully saturated rings. The molecule has 2 saturated carbocycles. The molecule has 8 N–H and O–H groups in total. The highest BCUT2D eigenvalue weighted by molar-refractivity contribution is 6.17. The second-order valence-corrected chi connectivity index (χ2v) is 9.87. The van der Waals surface area contributed by atoms with Crippen molar-refractivity contribution in [2.45, 2.75) is 69.1 Å². The smallest absolute Gasteiger partial charge is 0.410 e. The van der Waals surface area contributed by atoms with Crippen molar-refractivity contribution in [3.63, 3.8) is 0 Å². The number of amidine groups is 1. The summed E-state index contributed by atoms with van der Waals surface area (Å²) in [6.07, 6.45) is 9.02. The van der Waals surface area contributed by atoms with Crippen LogP contribution in [0.15, 0.2) is 36.0 Å². The molecular formula is C25H36FN6O3+. The van der Waals surface area contributed by atoms with Gasteiger partial charge in [-0.3, -0.25) is 10.5 Å². The van der Waals surface area contributed by atoms with Crippen molar-refractivity contribution in [3.05, 3.63) is 41.9 Å². The van der Waals surface area contributed by atoms with E-state index in [1.54, 1.807) is 4.90 Å². The zero-order chi connectivity index (χ0) is 25.0. The summed E-state index contributed by atoms with van der Waals surface area (Å²) in [5, 5.41) is 3.33. The fourth-order valence-electron chi connectivity index (χ4n) is 5.28. The van der Waals surface area contributed by atoms with Crippen molar-refractivity contribution in [1.82, 2.24) is 10.2 Å². The van der Waals surface area contributed by atoms with Crippen LogP contribution in [0.2, 0.25) is 0 Å². The summed E-state index contributed by atoms with van der Waals surface area (Å²) in [5.41, 5.74) is 18.2. The van der Waals surface area contributed by atoms with Gasteiger partial charge in [-0.2, -0.15) is 0 Å². The Labute approximate surface area is 204 Å². The van der Waals surface area contributed by atoms with Gasteiger partial charge in [0, 0.05) is 25.3 Å². The van der Waals surface area contributed by atoms with Crippen LogP contribution in [0.4, 0.5) is 14.9 Å². The first-order valence-electron chi connectivity index (χ1n) is 12.4. The predicted molar refractivity (Wildman–Crippen MR) is 130 cm³/mol. The molecule has 0 unspecified atom stereocenters. The fraction of sp³-hybridized carbons (Fsp3) is 0.560. The van der Waals surface area contributed by atoms with Gasteiger partial charge >= 0.3 is 6.09 Å².